The lowest BCUT2D eigenvalue weighted by molar-refractivity contribution is 0.0969. The molecule has 0 aliphatic carbocycles. The van der Waals surface area contributed by atoms with Gasteiger partial charge in [0.1, 0.15) is 18.1 Å². The molecule has 3 aromatic carbocycles. The van der Waals surface area contributed by atoms with E-state index in [4.69, 9.17) is 20.8 Å². The largest absolute Gasteiger partial charge is 0.476 e. The van der Waals surface area contributed by atoms with Gasteiger partial charge < -0.3 is 9.15 Å². The van der Waals surface area contributed by atoms with E-state index in [1.807, 2.05) is 54.6 Å². The fourth-order valence-electron chi connectivity index (χ4n) is 3.97. The van der Waals surface area contributed by atoms with Crippen LogP contribution in [0.3, 0.4) is 0 Å². The van der Waals surface area contributed by atoms with Gasteiger partial charge in [-0.3, -0.25) is 4.90 Å². The molecule has 0 saturated carbocycles. The Morgan fingerprint density at radius 2 is 1.70 bits per heavy atom. The van der Waals surface area contributed by atoms with Crippen LogP contribution in [-0.2, 0) is 13.0 Å². The van der Waals surface area contributed by atoms with Crippen LogP contribution in [0.2, 0.25) is 5.02 Å². The molecule has 1 aromatic heterocycles. The van der Waals surface area contributed by atoms with Crippen molar-refractivity contribution >= 4 is 22.6 Å². The van der Waals surface area contributed by atoms with Crippen LogP contribution in [0.15, 0.2) is 82.0 Å². The summed E-state index contributed by atoms with van der Waals surface area (Å²) in [5.74, 6) is 0.605. The SMILES string of the molecule is O=c1cc(-c2ccccc2)c2cc(Cl)c3c(c2o1)CN(CCc1ccccc1)CO3. The van der Waals surface area contributed by atoms with Crippen LogP contribution in [-0.4, -0.2) is 18.2 Å². The van der Waals surface area contributed by atoms with E-state index in [9.17, 15) is 4.79 Å². The summed E-state index contributed by atoms with van der Waals surface area (Å²) >= 11 is 6.58. The van der Waals surface area contributed by atoms with Crippen LogP contribution in [0.4, 0.5) is 0 Å². The van der Waals surface area contributed by atoms with Gasteiger partial charge in [-0.1, -0.05) is 72.3 Å². The third-order valence-corrected chi connectivity index (χ3v) is 5.73. The van der Waals surface area contributed by atoms with E-state index < -0.39 is 0 Å². The highest BCUT2D eigenvalue weighted by Gasteiger charge is 2.25. The summed E-state index contributed by atoms with van der Waals surface area (Å²) in [6.07, 6.45) is 0.914. The lowest BCUT2D eigenvalue weighted by Crippen LogP contribution is -2.34. The molecule has 1 aliphatic rings. The highest BCUT2D eigenvalue weighted by Crippen LogP contribution is 2.41. The van der Waals surface area contributed by atoms with Gasteiger partial charge in [0.05, 0.1) is 10.6 Å². The van der Waals surface area contributed by atoms with Crippen LogP contribution in [0, 0.1) is 0 Å². The monoisotopic (exact) mass is 417 g/mol. The summed E-state index contributed by atoms with van der Waals surface area (Å²) in [6, 6.07) is 23.5. The molecule has 0 spiro atoms. The highest BCUT2D eigenvalue weighted by molar-refractivity contribution is 6.33. The smallest absolute Gasteiger partial charge is 0.336 e. The number of rotatable bonds is 4. The molecule has 0 radical (unpaired) electrons. The van der Waals surface area contributed by atoms with Crippen molar-refractivity contribution in [3.63, 3.8) is 0 Å². The first-order valence-corrected chi connectivity index (χ1v) is 10.3. The molecule has 0 bridgehead atoms. The van der Waals surface area contributed by atoms with Gasteiger partial charge in [0.25, 0.3) is 0 Å². The molecule has 0 saturated heterocycles. The van der Waals surface area contributed by atoms with Crippen molar-refractivity contribution in [2.75, 3.05) is 13.3 Å². The first kappa shape index (κ1) is 18.9. The fourth-order valence-corrected chi connectivity index (χ4v) is 4.24. The van der Waals surface area contributed by atoms with Gasteiger partial charge in [0, 0.05) is 24.5 Å². The summed E-state index contributed by atoms with van der Waals surface area (Å²) < 4.78 is 11.6. The molecule has 4 nitrogen and oxygen atoms in total. The predicted octanol–water partition coefficient (Wildman–Crippen LogP) is 5.51. The van der Waals surface area contributed by atoms with E-state index in [2.05, 4.69) is 17.0 Å². The van der Waals surface area contributed by atoms with Crippen LogP contribution >= 0.6 is 11.6 Å². The van der Waals surface area contributed by atoms with E-state index >= 15 is 0 Å². The van der Waals surface area contributed by atoms with Gasteiger partial charge in [-0.15, -0.1) is 0 Å². The number of hydrogen-bond acceptors (Lipinski definition) is 4. The summed E-state index contributed by atoms with van der Waals surface area (Å²) in [7, 11) is 0. The zero-order valence-corrected chi connectivity index (χ0v) is 17.1. The van der Waals surface area contributed by atoms with E-state index in [0.717, 1.165) is 35.0 Å². The van der Waals surface area contributed by atoms with Crippen LogP contribution in [0.5, 0.6) is 5.75 Å². The molecule has 5 rings (SSSR count). The average Bonchev–Trinajstić information content (AvgIpc) is 2.79. The zero-order valence-electron chi connectivity index (χ0n) is 16.3. The van der Waals surface area contributed by atoms with Gasteiger partial charge in [0.2, 0.25) is 0 Å². The van der Waals surface area contributed by atoms with Gasteiger partial charge >= 0.3 is 5.63 Å². The van der Waals surface area contributed by atoms with Crippen molar-refractivity contribution in [1.82, 2.24) is 4.90 Å². The van der Waals surface area contributed by atoms with Gasteiger partial charge in [-0.05, 0) is 29.2 Å². The highest BCUT2D eigenvalue weighted by atomic mass is 35.5. The van der Waals surface area contributed by atoms with Crippen molar-refractivity contribution in [3.8, 4) is 16.9 Å². The molecule has 4 aromatic rings. The number of fused-ring (bicyclic) bond motifs is 3. The maximum Gasteiger partial charge on any atom is 0.336 e. The Morgan fingerprint density at radius 1 is 0.967 bits per heavy atom. The number of halogens is 1. The second-order valence-corrected chi connectivity index (χ2v) is 7.86. The molecule has 5 heteroatoms. The van der Waals surface area contributed by atoms with Gasteiger partial charge in [-0.25, -0.2) is 4.79 Å². The summed E-state index contributed by atoms with van der Waals surface area (Å²) in [6.45, 7) is 1.90. The molecule has 30 heavy (non-hydrogen) atoms. The van der Waals surface area contributed by atoms with E-state index in [1.165, 1.54) is 11.6 Å². The minimum atomic E-state index is -0.382. The van der Waals surface area contributed by atoms with Crippen LogP contribution < -0.4 is 10.4 Å². The van der Waals surface area contributed by atoms with E-state index in [1.54, 1.807) is 0 Å². The normalized spacial score (nSPS) is 13.8. The minimum absolute atomic E-state index is 0.382. The first-order chi connectivity index (χ1) is 14.7. The Bertz CT molecular complexity index is 1250. The maximum atomic E-state index is 12.4. The van der Waals surface area contributed by atoms with Crippen molar-refractivity contribution in [1.29, 1.82) is 0 Å². The lowest BCUT2D eigenvalue weighted by atomic mass is 9.99. The average molecular weight is 418 g/mol. The standard InChI is InChI=1S/C25H20ClNO3/c26-22-13-20-19(18-9-5-2-6-10-18)14-23(28)30-24(20)21-15-27(16-29-25(21)22)12-11-17-7-3-1-4-8-17/h1-10,13-14H,11-12,15-16H2. The topological polar surface area (TPSA) is 42.7 Å². The third-order valence-electron chi connectivity index (χ3n) is 5.45. The minimum Gasteiger partial charge on any atom is -0.476 e. The fraction of sp³-hybridized carbons (Fsp3) is 0.160. The van der Waals surface area contributed by atoms with Crippen molar-refractivity contribution in [2.45, 2.75) is 13.0 Å². The maximum absolute atomic E-state index is 12.4. The molecular weight excluding hydrogens is 398 g/mol. The summed E-state index contributed by atoms with van der Waals surface area (Å²) in [5, 5.41) is 1.35. The summed E-state index contributed by atoms with van der Waals surface area (Å²) in [5.41, 5.74) is 4.03. The van der Waals surface area contributed by atoms with Crippen molar-refractivity contribution in [2.24, 2.45) is 0 Å². The molecule has 0 atom stereocenters. The Balaban J connectivity index is 1.55. The van der Waals surface area contributed by atoms with E-state index in [0.29, 0.717) is 29.6 Å². The molecule has 150 valence electrons. The number of ether oxygens (including phenoxy) is 1. The Kier molecular flexibility index (Phi) is 5.03. The van der Waals surface area contributed by atoms with Crippen LogP contribution in [0.25, 0.3) is 22.1 Å². The van der Waals surface area contributed by atoms with Gasteiger partial charge in [0.15, 0.2) is 0 Å². The van der Waals surface area contributed by atoms with Crippen molar-refractivity contribution in [3.05, 3.63) is 99.4 Å². The van der Waals surface area contributed by atoms with Crippen LogP contribution in [0.1, 0.15) is 11.1 Å². The Morgan fingerprint density at radius 3 is 2.47 bits per heavy atom. The molecule has 2 heterocycles. The number of hydrogen-bond donors (Lipinski definition) is 0. The third kappa shape index (κ3) is 3.60. The quantitative estimate of drug-likeness (QED) is 0.411. The van der Waals surface area contributed by atoms with Gasteiger partial charge in [-0.2, -0.15) is 0 Å². The van der Waals surface area contributed by atoms with Crippen molar-refractivity contribution < 1.29 is 9.15 Å². The first-order valence-electron chi connectivity index (χ1n) is 9.93. The molecule has 0 N–H and O–H groups in total. The zero-order chi connectivity index (χ0) is 20.5. The molecular formula is C25H20ClNO3. The molecule has 1 aliphatic heterocycles. The molecule has 0 amide bonds. The van der Waals surface area contributed by atoms with E-state index in [-0.39, 0.29) is 5.63 Å². The number of benzene rings is 3. The Hall–Kier alpha value is -3.08. The molecule has 0 unspecified atom stereocenters. The second-order valence-electron chi connectivity index (χ2n) is 7.45. The number of nitrogens with zero attached hydrogens (tertiary/aromatic N) is 1. The lowest BCUT2D eigenvalue weighted by Gasteiger charge is -2.30. The summed E-state index contributed by atoms with van der Waals surface area (Å²) in [4.78, 5) is 14.6. The second kappa shape index (κ2) is 7.98. The molecule has 0 fully saturated rings. The predicted molar refractivity (Wildman–Crippen MR) is 119 cm³/mol. The Labute approximate surface area is 179 Å².